The van der Waals surface area contributed by atoms with Crippen LogP contribution in [0.1, 0.15) is 71.1 Å². The highest BCUT2D eigenvalue weighted by atomic mass is 19.4. The predicted octanol–water partition coefficient (Wildman–Crippen LogP) is 5.73. The van der Waals surface area contributed by atoms with E-state index in [0.29, 0.717) is 12.0 Å². The minimum atomic E-state index is -3.98. The molecule has 0 aromatic heterocycles. The number of ether oxygens (including phenoxy) is 1. The van der Waals surface area contributed by atoms with Crippen molar-refractivity contribution in [2.24, 2.45) is 17.8 Å². The molecule has 0 aromatic rings. The molecule has 0 spiro atoms. The van der Waals surface area contributed by atoms with Gasteiger partial charge in [0, 0.05) is 13.0 Å². The first kappa shape index (κ1) is 17.1. The van der Waals surface area contributed by atoms with E-state index in [9.17, 15) is 13.2 Å². The smallest absolute Gasteiger partial charge is 0.378 e. The van der Waals surface area contributed by atoms with Crippen molar-refractivity contribution in [2.45, 2.75) is 83.4 Å². The van der Waals surface area contributed by atoms with E-state index >= 15 is 0 Å². The molecule has 2 fully saturated rings. The van der Waals surface area contributed by atoms with Crippen LogP contribution in [0.4, 0.5) is 13.2 Å². The lowest BCUT2D eigenvalue weighted by atomic mass is 9.70. The SMILES string of the molecule is CCCO[C@H]1CC[C@H]([C@H]2CC[C@H](CC(F)(F)F)CC2)CC1. The van der Waals surface area contributed by atoms with E-state index in [4.69, 9.17) is 4.74 Å². The van der Waals surface area contributed by atoms with Gasteiger partial charge in [-0.1, -0.05) is 6.92 Å². The minimum Gasteiger partial charge on any atom is -0.378 e. The van der Waals surface area contributed by atoms with Crippen molar-refractivity contribution in [3.8, 4) is 0 Å². The fourth-order valence-electron chi connectivity index (χ4n) is 4.20. The molecule has 0 heterocycles. The zero-order chi connectivity index (χ0) is 15.3. The standard InChI is InChI=1S/C17H29F3O/c1-2-11-21-16-9-7-15(8-10-16)14-5-3-13(4-6-14)12-17(18,19)20/h13-16H,2-12H2,1H3/t13-,14-,15-,16-. The van der Waals surface area contributed by atoms with Crippen LogP contribution in [-0.4, -0.2) is 18.9 Å². The second-order valence-corrected chi connectivity index (χ2v) is 7.01. The minimum absolute atomic E-state index is 0.120. The van der Waals surface area contributed by atoms with Gasteiger partial charge in [0.15, 0.2) is 0 Å². The van der Waals surface area contributed by atoms with Crippen LogP contribution in [0, 0.1) is 17.8 Å². The van der Waals surface area contributed by atoms with Crippen LogP contribution in [0.2, 0.25) is 0 Å². The molecular weight excluding hydrogens is 277 g/mol. The van der Waals surface area contributed by atoms with Gasteiger partial charge in [-0.3, -0.25) is 0 Å². The Morgan fingerprint density at radius 1 is 0.857 bits per heavy atom. The van der Waals surface area contributed by atoms with Crippen LogP contribution < -0.4 is 0 Å². The molecule has 0 radical (unpaired) electrons. The molecule has 0 unspecified atom stereocenters. The van der Waals surface area contributed by atoms with Crippen molar-refractivity contribution >= 4 is 0 Å². The topological polar surface area (TPSA) is 9.23 Å². The molecule has 0 atom stereocenters. The van der Waals surface area contributed by atoms with Crippen molar-refractivity contribution in [3.63, 3.8) is 0 Å². The van der Waals surface area contributed by atoms with Crippen LogP contribution in [0.15, 0.2) is 0 Å². The number of rotatable bonds is 5. The Kier molecular flexibility index (Phi) is 6.39. The third kappa shape index (κ3) is 5.80. The van der Waals surface area contributed by atoms with E-state index < -0.39 is 12.6 Å². The molecule has 21 heavy (non-hydrogen) atoms. The maximum absolute atomic E-state index is 12.4. The molecule has 0 bridgehead atoms. The lowest BCUT2D eigenvalue weighted by Crippen LogP contribution is -2.29. The van der Waals surface area contributed by atoms with Gasteiger partial charge in [-0.05, 0) is 75.5 Å². The Morgan fingerprint density at radius 2 is 1.38 bits per heavy atom. The molecule has 0 amide bonds. The monoisotopic (exact) mass is 306 g/mol. The van der Waals surface area contributed by atoms with E-state index in [0.717, 1.165) is 57.5 Å². The van der Waals surface area contributed by atoms with Gasteiger partial charge >= 0.3 is 6.18 Å². The second-order valence-electron chi connectivity index (χ2n) is 7.01. The molecule has 0 aromatic carbocycles. The maximum Gasteiger partial charge on any atom is 0.389 e. The zero-order valence-corrected chi connectivity index (χ0v) is 13.1. The first-order valence-corrected chi connectivity index (χ1v) is 8.66. The summed E-state index contributed by atoms with van der Waals surface area (Å²) in [5, 5.41) is 0. The van der Waals surface area contributed by atoms with E-state index in [2.05, 4.69) is 6.92 Å². The molecule has 2 saturated carbocycles. The number of halogens is 3. The van der Waals surface area contributed by atoms with Crippen LogP contribution in [0.5, 0.6) is 0 Å². The maximum atomic E-state index is 12.4. The van der Waals surface area contributed by atoms with E-state index in [1.54, 1.807) is 0 Å². The third-order valence-electron chi connectivity index (χ3n) is 5.35. The molecule has 0 saturated heterocycles. The van der Waals surface area contributed by atoms with Crippen LogP contribution in [0.25, 0.3) is 0 Å². The van der Waals surface area contributed by atoms with Crippen molar-refractivity contribution in [1.82, 2.24) is 0 Å². The average Bonchev–Trinajstić information content (AvgIpc) is 2.45. The Hall–Kier alpha value is -0.250. The summed E-state index contributed by atoms with van der Waals surface area (Å²) in [5.41, 5.74) is 0. The summed E-state index contributed by atoms with van der Waals surface area (Å²) in [6.45, 7) is 2.99. The highest BCUT2D eigenvalue weighted by molar-refractivity contribution is 4.83. The predicted molar refractivity (Wildman–Crippen MR) is 78.1 cm³/mol. The Bertz CT molecular complexity index is 287. The highest BCUT2D eigenvalue weighted by Crippen LogP contribution is 2.42. The van der Waals surface area contributed by atoms with E-state index in [1.165, 1.54) is 12.8 Å². The summed E-state index contributed by atoms with van der Waals surface area (Å²) >= 11 is 0. The van der Waals surface area contributed by atoms with Crippen molar-refractivity contribution in [1.29, 1.82) is 0 Å². The second kappa shape index (κ2) is 7.85. The zero-order valence-electron chi connectivity index (χ0n) is 13.1. The summed E-state index contributed by atoms with van der Waals surface area (Å²) in [6.07, 6.45) is 5.23. The van der Waals surface area contributed by atoms with Gasteiger partial charge in [-0.15, -0.1) is 0 Å². The Labute approximate surface area is 126 Å². The van der Waals surface area contributed by atoms with E-state index in [1.807, 2.05) is 0 Å². The largest absolute Gasteiger partial charge is 0.389 e. The molecule has 4 heteroatoms. The Morgan fingerprint density at radius 3 is 1.86 bits per heavy atom. The van der Waals surface area contributed by atoms with Gasteiger partial charge in [-0.25, -0.2) is 0 Å². The molecule has 2 aliphatic rings. The number of hydrogen-bond acceptors (Lipinski definition) is 1. The number of alkyl halides is 3. The molecule has 124 valence electrons. The molecule has 0 N–H and O–H groups in total. The summed E-state index contributed by atoms with van der Waals surface area (Å²) in [7, 11) is 0. The molecule has 2 rings (SSSR count). The lowest BCUT2D eigenvalue weighted by molar-refractivity contribution is -0.147. The normalized spacial score (nSPS) is 34.9. The van der Waals surface area contributed by atoms with Gasteiger partial charge in [0.1, 0.15) is 0 Å². The van der Waals surface area contributed by atoms with Crippen LogP contribution in [-0.2, 0) is 4.74 Å². The lowest BCUT2D eigenvalue weighted by Gasteiger charge is -2.38. The summed E-state index contributed by atoms with van der Waals surface area (Å²) < 4.78 is 43.1. The van der Waals surface area contributed by atoms with Gasteiger partial charge in [0.05, 0.1) is 6.10 Å². The molecule has 0 aliphatic heterocycles. The number of hydrogen-bond donors (Lipinski definition) is 0. The van der Waals surface area contributed by atoms with Crippen molar-refractivity contribution in [3.05, 3.63) is 0 Å². The fraction of sp³-hybridized carbons (Fsp3) is 1.00. The Balaban J connectivity index is 1.67. The third-order valence-corrected chi connectivity index (χ3v) is 5.35. The van der Waals surface area contributed by atoms with Gasteiger partial charge < -0.3 is 4.74 Å². The van der Waals surface area contributed by atoms with E-state index in [-0.39, 0.29) is 5.92 Å². The van der Waals surface area contributed by atoms with Gasteiger partial charge in [0.25, 0.3) is 0 Å². The van der Waals surface area contributed by atoms with Crippen LogP contribution >= 0.6 is 0 Å². The highest BCUT2D eigenvalue weighted by Gasteiger charge is 2.36. The van der Waals surface area contributed by atoms with Gasteiger partial charge in [0.2, 0.25) is 0 Å². The quantitative estimate of drug-likeness (QED) is 0.630. The summed E-state index contributed by atoms with van der Waals surface area (Å²) in [6, 6.07) is 0. The van der Waals surface area contributed by atoms with Gasteiger partial charge in [-0.2, -0.15) is 13.2 Å². The van der Waals surface area contributed by atoms with Crippen LogP contribution in [0.3, 0.4) is 0 Å². The first-order valence-electron chi connectivity index (χ1n) is 8.66. The van der Waals surface area contributed by atoms with Crippen molar-refractivity contribution < 1.29 is 17.9 Å². The molecule has 2 aliphatic carbocycles. The average molecular weight is 306 g/mol. The summed E-state index contributed by atoms with van der Waals surface area (Å²) in [4.78, 5) is 0. The molecular formula is C17H29F3O. The molecule has 1 nitrogen and oxygen atoms in total. The fourth-order valence-corrected chi connectivity index (χ4v) is 4.20. The summed E-state index contributed by atoms with van der Waals surface area (Å²) in [5.74, 6) is 1.28. The van der Waals surface area contributed by atoms with Crippen molar-refractivity contribution in [2.75, 3.05) is 6.61 Å². The first-order chi connectivity index (χ1) is 9.98.